The van der Waals surface area contributed by atoms with Crippen molar-refractivity contribution >= 4 is 11.8 Å². The zero-order valence-corrected chi connectivity index (χ0v) is 18.1. The summed E-state index contributed by atoms with van der Waals surface area (Å²) in [6.45, 7) is 6.07. The maximum Gasteiger partial charge on any atom is 0.260 e. The van der Waals surface area contributed by atoms with Crippen molar-refractivity contribution in [2.24, 2.45) is 5.92 Å². The number of rotatable bonds is 5. The van der Waals surface area contributed by atoms with Crippen molar-refractivity contribution in [1.82, 2.24) is 9.80 Å². The molecule has 0 saturated carbocycles. The van der Waals surface area contributed by atoms with Gasteiger partial charge in [0.15, 0.2) is 6.61 Å². The van der Waals surface area contributed by atoms with Crippen molar-refractivity contribution in [3.63, 3.8) is 0 Å². The molecule has 30 heavy (non-hydrogen) atoms. The van der Waals surface area contributed by atoms with Gasteiger partial charge in [-0.05, 0) is 63.5 Å². The van der Waals surface area contributed by atoms with E-state index in [1.54, 1.807) is 0 Å². The van der Waals surface area contributed by atoms with E-state index in [0.717, 1.165) is 64.0 Å². The van der Waals surface area contributed by atoms with Crippen LogP contribution in [0.15, 0.2) is 24.3 Å². The van der Waals surface area contributed by atoms with Crippen LogP contribution in [0.4, 0.5) is 0 Å². The summed E-state index contributed by atoms with van der Waals surface area (Å²) in [6, 6.07) is 7.76. The number of aryl methyl sites for hydroxylation is 1. The van der Waals surface area contributed by atoms with Crippen LogP contribution in [-0.2, 0) is 14.3 Å². The Bertz CT molecular complexity index is 734. The molecule has 3 aliphatic heterocycles. The van der Waals surface area contributed by atoms with Gasteiger partial charge in [-0.1, -0.05) is 17.7 Å². The molecular weight excluding hydrogens is 380 g/mol. The van der Waals surface area contributed by atoms with Gasteiger partial charge >= 0.3 is 0 Å². The van der Waals surface area contributed by atoms with Gasteiger partial charge in [0.2, 0.25) is 5.91 Å². The van der Waals surface area contributed by atoms with Gasteiger partial charge in [-0.2, -0.15) is 0 Å². The molecule has 164 valence electrons. The fraction of sp³-hybridized carbons (Fsp3) is 0.667. The Morgan fingerprint density at radius 1 is 1.03 bits per heavy atom. The Kier molecular flexibility index (Phi) is 6.61. The third kappa shape index (κ3) is 5.15. The highest BCUT2D eigenvalue weighted by atomic mass is 16.5. The molecule has 1 aromatic rings. The Balaban J connectivity index is 1.23. The van der Waals surface area contributed by atoms with Crippen LogP contribution in [0.25, 0.3) is 0 Å². The molecule has 3 aliphatic rings. The number of ether oxygens (including phenoxy) is 2. The minimum absolute atomic E-state index is 0.0296. The summed E-state index contributed by atoms with van der Waals surface area (Å²) >= 11 is 0. The second-order valence-electron chi connectivity index (χ2n) is 9.16. The normalized spacial score (nSPS) is 23.6. The molecule has 0 N–H and O–H groups in total. The van der Waals surface area contributed by atoms with Crippen LogP contribution < -0.4 is 4.74 Å². The summed E-state index contributed by atoms with van der Waals surface area (Å²) in [5.41, 5.74) is 1.01. The number of carbonyl (C=O) groups excluding carboxylic acids is 2. The van der Waals surface area contributed by atoms with Crippen LogP contribution >= 0.6 is 0 Å². The smallest absolute Gasteiger partial charge is 0.260 e. The molecule has 2 amide bonds. The van der Waals surface area contributed by atoms with Gasteiger partial charge in [0.05, 0.1) is 5.60 Å². The molecule has 3 heterocycles. The minimum Gasteiger partial charge on any atom is -0.484 e. The molecule has 3 saturated heterocycles. The molecule has 1 aromatic carbocycles. The average Bonchev–Trinajstić information content (AvgIpc) is 3.29. The number of nitrogens with zero attached hydrogens (tertiary/aromatic N) is 2. The lowest BCUT2D eigenvalue weighted by molar-refractivity contribution is -0.150. The first-order chi connectivity index (χ1) is 14.5. The maximum atomic E-state index is 12.6. The SMILES string of the molecule is Cc1ccc(OCC(=O)N2CCC3(CC2)CC(CC(=O)N2CCCC2)CCO3)cc1. The fourth-order valence-corrected chi connectivity index (χ4v) is 5.03. The highest BCUT2D eigenvalue weighted by Gasteiger charge is 2.41. The predicted octanol–water partition coefficient (Wildman–Crippen LogP) is 3.17. The molecule has 3 fully saturated rings. The lowest BCUT2D eigenvalue weighted by Crippen LogP contribution is -2.51. The van der Waals surface area contributed by atoms with Crippen molar-refractivity contribution in [2.75, 3.05) is 39.4 Å². The van der Waals surface area contributed by atoms with Gasteiger partial charge in [-0.3, -0.25) is 9.59 Å². The monoisotopic (exact) mass is 414 g/mol. The topological polar surface area (TPSA) is 59.1 Å². The van der Waals surface area contributed by atoms with E-state index in [0.29, 0.717) is 31.3 Å². The second kappa shape index (κ2) is 9.38. The van der Waals surface area contributed by atoms with E-state index >= 15 is 0 Å². The van der Waals surface area contributed by atoms with Gasteiger partial charge in [0.1, 0.15) is 5.75 Å². The number of likely N-dealkylation sites (tertiary alicyclic amines) is 2. The highest BCUT2D eigenvalue weighted by Crippen LogP contribution is 2.39. The summed E-state index contributed by atoms with van der Waals surface area (Å²) in [5, 5.41) is 0. The maximum absolute atomic E-state index is 12.6. The third-order valence-corrected chi connectivity index (χ3v) is 6.93. The Hall–Kier alpha value is -2.08. The van der Waals surface area contributed by atoms with Crippen molar-refractivity contribution in [3.8, 4) is 5.75 Å². The summed E-state index contributed by atoms with van der Waals surface area (Å²) in [5.74, 6) is 1.47. The molecule has 0 bridgehead atoms. The van der Waals surface area contributed by atoms with Crippen LogP contribution in [0.1, 0.15) is 50.5 Å². The van der Waals surface area contributed by atoms with Crippen molar-refractivity contribution in [3.05, 3.63) is 29.8 Å². The quantitative estimate of drug-likeness (QED) is 0.743. The van der Waals surface area contributed by atoms with Gasteiger partial charge in [0.25, 0.3) is 5.91 Å². The highest BCUT2D eigenvalue weighted by molar-refractivity contribution is 5.78. The van der Waals surface area contributed by atoms with Gasteiger partial charge in [0, 0.05) is 39.2 Å². The molecule has 0 radical (unpaired) electrons. The number of piperidine rings is 1. The molecular formula is C24H34N2O4. The van der Waals surface area contributed by atoms with Crippen LogP contribution in [-0.4, -0.2) is 66.6 Å². The Morgan fingerprint density at radius 2 is 1.70 bits per heavy atom. The summed E-state index contributed by atoms with van der Waals surface area (Å²) in [6.07, 6.45) is 6.53. The largest absolute Gasteiger partial charge is 0.484 e. The van der Waals surface area contributed by atoms with Crippen LogP contribution in [0.2, 0.25) is 0 Å². The Morgan fingerprint density at radius 3 is 2.40 bits per heavy atom. The summed E-state index contributed by atoms with van der Waals surface area (Å²) in [4.78, 5) is 29.0. The van der Waals surface area contributed by atoms with Crippen molar-refractivity contribution in [2.45, 2.75) is 57.5 Å². The average molecular weight is 415 g/mol. The molecule has 1 atom stereocenters. The van der Waals surface area contributed by atoms with Crippen LogP contribution in [0, 0.1) is 12.8 Å². The van der Waals surface area contributed by atoms with E-state index in [9.17, 15) is 9.59 Å². The zero-order chi connectivity index (χ0) is 21.0. The zero-order valence-electron chi connectivity index (χ0n) is 18.1. The fourth-order valence-electron chi connectivity index (χ4n) is 5.03. The first kappa shape index (κ1) is 21.2. The third-order valence-electron chi connectivity index (χ3n) is 6.93. The number of hydrogen-bond acceptors (Lipinski definition) is 4. The van der Waals surface area contributed by atoms with Crippen LogP contribution in [0.3, 0.4) is 0 Å². The lowest BCUT2D eigenvalue weighted by Gasteiger charge is -2.46. The molecule has 1 spiro atoms. The standard InChI is InChI=1S/C24H34N2O4/c1-19-4-6-21(7-5-19)29-18-23(28)26-13-9-24(10-14-26)17-20(8-15-30-24)16-22(27)25-11-2-3-12-25/h4-7,20H,2-3,8-18H2,1H3. The van der Waals surface area contributed by atoms with E-state index in [-0.39, 0.29) is 18.1 Å². The predicted molar refractivity (Wildman–Crippen MR) is 114 cm³/mol. The van der Waals surface area contributed by atoms with E-state index in [1.165, 1.54) is 5.56 Å². The lowest BCUT2D eigenvalue weighted by atomic mass is 9.78. The number of benzene rings is 1. The summed E-state index contributed by atoms with van der Waals surface area (Å²) in [7, 11) is 0. The first-order valence-electron chi connectivity index (χ1n) is 11.4. The Labute approximate surface area is 179 Å². The van der Waals surface area contributed by atoms with E-state index in [2.05, 4.69) is 0 Å². The molecule has 0 aliphatic carbocycles. The molecule has 4 rings (SSSR count). The molecule has 6 heteroatoms. The van der Waals surface area contributed by atoms with Crippen molar-refractivity contribution < 1.29 is 19.1 Å². The van der Waals surface area contributed by atoms with Gasteiger partial charge in [-0.15, -0.1) is 0 Å². The minimum atomic E-state index is -0.164. The number of hydrogen-bond donors (Lipinski definition) is 0. The molecule has 6 nitrogen and oxygen atoms in total. The number of carbonyl (C=O) groups is 2. The summed E-state index contributed by atoms with van der Waals surface area (Å²) < 4.78 is 11.9. The second-order valence-corrected chi connectivity index (χ2v) is 9.16. The van der Waals surface area contributed by atoms with Gasteiger partial charge in [-0.25, -0.2) is 0 Å². The van der Waals surface area contributed by atoms with E-state index < -0.39 is 0 Å². The van der Waals surface area contributed by atoms with Crippen LogP contribution in [0.5, 0.6) is 5.75 Å². The first-order valence-corrected chi connectivity index (χ1v) is 11.4. The van der Waals surface area contributed by atoms with Crippen molar-refractivity contribution in [1.29, 1.82) is 0 Å². The number of amides is 2. The van der Waals surface area contributed by atoms with E-state index in [4.69, 9.17) is 9.47 Å². The van der Waals surface area contributed by atoms with Gasteiger partial charge < -0.3 is 19.3 Å². The van der Waals surface area contributed by atoms with E-state index in [1.807, 2.05) is 41.0 Å². The molecule has 1 unspecified atom stereocenters. The molecule has 0 aromatic heterocycles.